The molecule has 0 bridgehead atoms. The predicted molar refractivity (Wildman–Crippen MR) is 90.7 cm³/mol. The third-order valence-electron chi connectivity index (χ3n) is 3.35. The minimum Gasteiger partial charge on any atom is -0.489 e. The van der Waals surface area contributed by atoms with Gasteiger partial charge in [0, 0.05) is 16.7 Å². The molecular formula is C18H17N3O3. The van der Waals surface area contributed by atoms with Gasteiger partial charge in [-0.25, -0.2) is 0 Å². The first-order valence-electron chi connectivity index (χ1n) is 7.52. The van der Waals surface area contributed by atoms with Crippen LogP contribution in [0.4, 0.5) is 5.69 Å². The van der Waals surface area contributed by atoms with Crippen molar-refractivity contribution in [2.45, 2.75) is 20.0 Å². The number of carbonyl (C=O) groups excluding carboxylic acids is 1. The summed E-state index contributed by atoms with van der Waals surface area (Å²) < 4.78 is 10.9. The Labute approximate surface area is 139 Å². The molecule has 122 valence electrons. The molecule has 0 atom stereocenters. The van der Waals surface area contributed by atoms with E-state index in [0.717, 1.165) is 17.4 Å². The SMILES string of the molecule is CC(C)Oc1ccc(-c2noc(-c3ccc(C=O)cc3)n2)cc1N. The van der Waals surface area contributed by atoms with Crippen LogP contribution in [0.25, 0.3) is 22.8 Å². The Bertz CT molecular complexity index is 854. The van der Waals surface area contributed by atoms with Crippen molar-refractivity contribution >= 4 is 12.0 Å². The number of hydrogen-bond donors (Lipinski definition) is 1. The number of benzene rings is 2. The second kappa shape index (κ2) is 6.54. The molecule has 0 spiro atoms. The number of aromatic nitrogens is 2. The molecule has 0 fully saturated rings. The van der Waals surface area contributed by atoms with Gasteiger partial charge in [-0.2, -0.15) is 4.98 Å². The highest BCUT2D eigenvalue weighted by molar-refractivity contribution is 5.76. The molecule has 6 heteroatoms. The monoisotopic (exact) mass is 323 g/mol. The molecule has 3 aromatic rings. The third-order valence-corrected chi connectivity index (χ3v) is 3.35. The highest BCUT2D eigenvalue weighted by Crippen LogP contribution is 2.29. The van der Waals surface area contributed by atoms with Crippen molar-refractivity contribution in [1.29, 1.82) is 0 Å². The Morgan fingerprint density at radius 2 is 1.83 bits per heavy atom. The van der Waals surface area contributed by atoms with Gasteiger partial charge < -0.3 is 15.0 Å². The van der Waals surface area contributed by atoms with E-state index in [1.54, 1.807) is 36.4 Å². The number of rotatable bonds is 5. The van der Waals surface area contributed by atoms with E-state index in [-0.39, 0.29) is 6.10 Å². The minimum absolute atomic E-state index is 0.0456. The van der Waals surface area contributed by atoms with Crippen LogP contribution in [0.1, 0.15) is 24.2 Å². The molecule has 0 aliphatic rings. The van der Waals surface area contributed by atoms with E-state index in [9.17, 15) is 4.79 Å². The number of nitrogens with zero attached hydrogens (tertiary/aromatic N) is 2. The summed E-state index contributed by atoms with van der Waals surface area (Å²) in [5, 5.41) is 3.99. The van der Waals surface area contributed by atoms with Crippen molar-refractivity contribution in [2.75, 3.05) is 5.73 Å². The number of aldehydes is 1. The first-order chi connectivity index (χ1) is 11.6. The second-order valence-electron chi connectivity index (χ2n) is 5.58. The van der Waals surface area contributed by atoms with Crippen molar-refractivity contribution in [3.63, 3.8) is 0 Å². The van der Waals surface area contributed by atoms with Crippen molar-refractivity contribution in [1.82, 2.24) is 10.1 Å². The van der Waals surface area contributed by atoms with Crippen LogP contribution < -0.4 is 10.5 Å². The van der Waals surface area contributed by atoms with Crippen LogP contribution >= 0.6 is 0 Å². The number of nitrogens with two attached hydrogens (primary N) is 1. The summed E-state index contributed by atoms with van der Waals surface area (Å²) >= 11 is 0. The molecular weight excluding hydrogens is 306 g/mol. The fraction of sp³-hybridized carbons (Fsp3) is 0.167. The normalized spacial score (nSPS) is 10.8. The maximum atomic E-state index is 10.7. The van der Waals surface area contributed by atoms with E-state index in [1.165, 1.54) is 0 Å². The largest absolute Gasteiger partial charge is 0.489 e. The number of anilines is 1. The van der Waals surface area contributed by atoms with Crippen molar-refractivity contribution in [3.8, 4) is 28.6 Å². The van der Waals surface area contributed by atoms with Gasteiger partial charge in [0.15, 0.2) is 0 Å². The third kappa shape index (κ3) is 3.27. The Kier molecular flexibility index (Phi) is 4.29. The summed E-state index contributed by atoms with van der Waals surface area (Å²) in [6.07, 6.45) is 0.830. The fourth-order valence-electron chi connectivity index (χ4n) is 2.21. The zero-order valence-corrected chi connectivity index (χ0v) is 13.4. The smallest absolute Gasteiger partial charge is 0.258 e. The molecule has 6 nitrogen and oxygen atoms in total. The molecule has 0 radical (unpaired) electrons. The Hall–Kier alpha value is -3.15. The maximum Gasteiger partial charge on any atom is 0.258 e. The van der Waals surface area contributed by atoms with Gasteiger partial charge in [0.2, 0.25) is 5.82 Å². The molecule has 0 aliphatic carbocycles. The van der Waals surface area contributed by atoms with Crippen LogP contribution in [-0.4, -0.2) is 22.5 Å². The Balaban J connectivity index is 1.87. The van der Waals surface area contributed by atoms with Gasteiger partial charge in [0.25, 0.3) is 5.89 Å². The molecule has 1 aromatic heterocycles. The summed E-state index contributed by atoms with van der Waals surface area (Å²) in [5.41, 5.74) is 8.60. The van der Waals surface area contributed by atoms with Gasteiger partial charge in [-0.15, -0.1) is 0 Å². The average molecular weight is 323 g/mol. The summed E-state index contributed by atoms with van der Waals surface area (Å²) in [7, 11) is 0. The average Bonchev–Trinajstić information content (AvgIpc) is 3.06. The second-order valence-corrected chi connectivity index (χ2v) is 5.58. The highest BCUT2D eigenvalue weighted by atomic mass is 16.5. The number of nitrogen functional groups attached to an aromatic ring is 1. The van der Waals surface area contributed by atoms with E-state index in [2.05, 4.69) is 10.1 Å². The van der Waals surface area contributed by atoms with Crippen molar-refractivity contribution in [3.05, 3.63) is 48.0 Å². The lowest BCUT2D eigenvalue weighted by Crippen LogP contribution is -2.07. The van der Waals surface area contributed by atoms with Crippen molar-refractivity contribution < 1.29 is 14.1 Å². The first-order valence-corrected chi connectivity index (χ1v) is 7.52. The van der Waals surface area contributed by atoms with Crippen molar-refractivity contribution in [2.24, 2.45) is 0 Å². The quantitative estimate of drug-likeness (QED) is 0.570. The lowest BCUT2D eigenvalue weighted by molar-refractivity contribution is 0.112. The topological polar surface area (TPSA) is 91.2 Å². The van der Waals surface area contributed by atoms with E-state index < -0.39 is 0 Å². The zero-order valence-electron chi connectivity index (χ0n) is 13.4. The summed E-state index contributed by atoms with van der Waals surface area (Å²) in [4.78, 5) is 15.1. The van der Waals surface area contributed by atoms with Crippen LogP contribution in [0.2, 0.25) is 0 Å². The molecule has 24 heavy (non-hydrogen) atoms. The minimum atomic E-state index is 0.0456. The van der Waals surface area contributed by atoms with Gasteiger partial charge in [0.05, 0.1) is 11.8 Å². The van der Waals surface area contributed by atoms with Gasteiger partial charge in [-0.3, -0.25) is 4.79 Å². The summed E-state index contributed by atoms with van der Waals surface area (Å²) in [6, 6.07) is 12.3. The van der Waals surface area contributed by atoms with Crippen LogP contribution in [0.3, 0.4) is 0 Å². The van der Waals surface area contributed by atoms with E-state index >= 15 is 0 Å². The van der Waals surface area contributed by atoms with Gasteiger partial charge in [0.1, 0.15) is 12.0 Å². The molecule has 0 unspecified atom stereocenters. The number of ether oxygens (including phenoxy) is 1. The first kappa shape index (κ1) is 15.7. The van der Waals surface area contributed by atoms with E-state index in [1.807, 2.05) is 19.9 Å². The standard InChI is InChI=1S/C18H17N3O3/c1-11(2)23-16-8-7-14(9-15(16)19)17-20-18(24-21-17)13-5-3-12(10-22)4-6-13/h3-11H,19H2,1-2H3. The molecule has 0 aliphatic heterocycles. The van der Waals surface area contributed by atoms with E-state index in [0.29, 0.717) is 28.7 Å². The van der Waals surface area contributed by atoms with Gasteiger partial charge >= 0.3 is 0 Å². The number of hydrogen-bond acceptors (Lipinski definition) is 6. The maximum absolute atomic E-state index is 10.7. The fourth-order valence-corrected chi connectivity index (χ4v) is 2.21. The zero-order chi connectivity index (χ0) is 17.1. The predicted octanol–water partition coefficient (Wildman–Crippen LogP) is 3.59. The lowest BCUT2D eigenvalue weighted by atomic mass is 10.1. The van der Waals surface area contributed by atoms with Gasteiger partial charge in [-0.1, -0.05) is 17.3 Å². The molecule has 0 saturated carbocycles. The van der Waals surface area contributed by atoms with Crippen LogP contribution in [0, 0.1) is 0 Å². The molecule has 3 rings (SSSR count). The molecule has 2 N–H and O–H groups in total. The van der Waals surface area contributed by atoms with Gasteiger partial charge in [-0.05, 0) is 44.2 Å². The van der Waals surface area contributed by atoms with E-state index in [4.69, 9.17) is 15.0 Å². The lowest BCUT2D eigenvalue weighted by Gasteiger charge is -2.12. The Morgan fingerprint density at radius 1 is 1.12 bits per heavy atom. The van der Waals surface area contributed by atoms with Crippen LogP contribution in [0.15, 0.2) is 47.0 Å². The molecule has 0 amide bonds. The molecule has 0 saturated heterocycles. The summed E-state index contributed by atoms with van der Waals surface area (Å²) in [5.74, 6) is 1.44. The molecule has 1 heterocycles. The molecule has 2 aromatic carbocycles. The van der Waals surface area contributed by atoms with Crippen LogP contribution in [0.5, 0.6) is 5.75 Å². The highest BCUT2D eigenvalue weighted by Gasteiger charge is 2.12. The summed E-state index contributed by atoms with van der Waals surface area (Å²) in [6.45, 7) is 3.88. The Morgan fingerprint density at radius 3 is 2.46 bits per heavy atom. The number of carbonyl (C=O) groups is 1. The van der Waals surface area contributed by atoms with Crippen LogP contribution in [-0.2, 0) is 0 Å².